The number of unbranched alkanes of at least 4 members (excludes halogenated alkanes) is 1. The van der Waals surface area contributed by atoms with Gasteiger partial charge < -0.3 is 4.90 Å². The molecule has 1 nitrogen and oxygen atoms in total. The summed E-state index contributed by atoms with van der Waals surface area (Å²) in [5, 5.41) is 0. The Hall–Kier alpha value is -0.0400. The first-order valence-electron chi connectivity index (χ1n) is 3.49. The van der Waals surface area contributed by atoms with Crippen molar-refractivity contribution >= 4 is 0 Å². The van der Waals surface area contributed by atoms with Gasteiger partial charge in [-0.1, -0.05) is 26.7 Å². The third-order valence-corrected chi connectivity index (χ3v) is 1.17. The third-order valence-electron chi connectivity index (χ3n) is 1.17. The minimum Gasteiger partial charge on any atom is -0.304 e. The molecule has 1 saturated heterocycles. The van der Waals surface area contributed by atoms with E-state index in [-0.39, 0.29) is 0 Å². The van der Waals surface area contributed by atoms with Gasteiger partial charge in [0.25, 0.3) is 0 Å². The molecule has 0 amide bonds. The van der Waals surface area contributed by atoms with Crippen molar-refractivity contribution in [1.29, 1.82) is 0 Å². The monoisotopic (exact) mass is 115 g/mol. The largest absolute Gasteiger partial charge is 0.304 e. The van der Waals surface area contributed by atoms with Crippen molar-refractivity contribution in [1.82, 2.24) is 4.90 Å². The second-order valence-corrected chi connectivity index (χ2v) is 2.30. The Bertz CT molecular complexity index is 37.7. The number of nitrogens with zero attached hydrogens (tertiary/aromatic N) is 1. The lowest BCUT2D eigenvalue weighted by Crippen LogP contribution is -1.75. The molecular formula is C7H17N. The van der Waals surface area contributed by atoms with Crippen molar-refractivity contribution in [3.8, 4) is 0 Å². The summed E-state index contributed by atoms with van der Waals surface area (Å²) in [6.45, 7) is 7.00. The molecule has 0 bridgehead atoms. The molecule has 1 rings (SSSR count). The van der Waals surface area contributed by atoms with Gasteiger partial charge in [0.2, 0.25) is 0 Å². The first-order chi connectivity index (χ1) is 3.81. The van der Waals surface area contributed by atoms with E-state index >= 15 is 0 Å². The van der Waals surface area contributed by atoms with Crippen LogP contribution in [0.2, 0.25) is 0 Å². The molecule has 50 valence electrons. The lowest BCUT2D eigenvalue weighted by molar-refractivity contribution is 0.698. The summed E-state index contributed by atoms with van der Waals surface area (Å²) in [4.78, 5) is 2.25. The lowest BCUT2D eigenvalue weighted by Gasteiger charge is -1.68. The normalized spacial score (nSPS) is 16.9. The average Bonchev–Trinajstić information content (AvgIpc) is 2.52. The van der Waals surface area contributed by atoms with Gasteiger partial charge >= 0.3 is 0 Å². The highest BCUT2D eigenvalue weighted by atomic mass is 15.2. The molecular weight excluding hydrogens is 98.1 g/mol. The Morgan fingerprint density at radius 3 is 1.38 bits per heavy atom. The molecule has 0 N–H and O–H groups in total. The van der Waals surface area contributed by atoms with Crippen molar-refractivity contribution in [3.05, 3.63) is 0 Å². The van der Waals surface area contributed by atoms with Crippen LogP contribution < -0.4 is 0 Å². The summed E-state index contributed by atoms with van der Waals surface area (Å²) >= 11 is 0. The number of likely N-dealkylation sites (N-methyl/N-ethyl adjacent to an activating group) is 1. The van der Waals surface area contributed by atoms with Crippen molar-refractivity contribution in [2.24, 2.45) is 0 Å². The van der Waals surface area contributed by atoms with Gasteiger partial charge in [-0.2, -0.15) is 0 Å². The van der Waals surface area contributed by atoms with Gasteiger partial charge in [0.1, 0.15) is 0 Å². The van der Waals surface area contributed by atoms with E-state index in [4.69, 9.17) is 0 Å². The molecule has 1 aliphatic heterocycles. The summed E-state index contributed by atoms with van der Waals surface area (Å²) in [6, 6.07) is 0. The van der Waals surface area contributed by atoms with Crippen molar-refractivity contribution in [2.45, 2.75) is 26.7 Å². The molecule has 0 spiro atoms. The van der Waals surface area contributed by atoms with Crippen LogP contribution in [0.3, 0.4) is 0 Å². The topological polar surface area (TPSA) is 3.01 Å². The van der Waals surface area contributed by atoms with E-state index in [1.165, 1.54) is 25.9 Å². The molecule has 0 aromatic rings. The molecule has 0 atom stereocenters. The SMILES string of the molecule is CCCC.CN1CC1. The van der Waals surface area contributed by atoms with E-state index in [0.717, 1.165) is 0 Å². The van der Waals surface area contributed by atoms with Crippen LogP contribution in [0.5, 0.6) is 0 Å². The van der Waals surface area contributed by atoms with Crippen molar-refractivity contribution in [3.63, 3.8) is 0 Å². The predicted molar refractivity (Wildman–Crippen MR) is 38.1 cm³/mol. The zero-order valence-corrected chi connectivity index (χ0v) is 6.28. The van der Waals surface area contributed by atoms with Crippen LogP contribution >= 0.6 is 0 Å². The van der Waals surface area contributed by atoms with Crippen molar-refractivity contribution < 1.29 is 0 Å². The minimum atomic E-state index is 1.32. The first-order valence-corrected chi connectivity index (χ1v) is 3.49. The molecule has 0 aromatic carbocycles. The fraction of sp³-hybridized carbons (Fsp3) is 1.00. The van der Waals surface area contributed by atoms with Gasteiger partial charge in [-0.05, 0) is 7.05 Å². The Kier molecular flexibility index (Phi) is 5.08. The van der Waals surface area contributed by atoms with Crippen LogP contribution in [0, 0.1) is 0 Å². The van der Waals surface area contributed by atoms with Gasteiger partial charge in [0, 0.05) is 13.1 Å². The van der Waals surface area contributed by atoms with E-state index < -0.39 is 0 Å². The predicted octanol–water partition coefficient (Wildman–Crippen LogP) is 1.74. The van der Waals surface area contributed by atoms with Gasteiger partial charge in [-0.15, -0.1) is 0 Å². The van der Waals surface area contributed by atoms with Gasteiger partial charge in [-0.3, -0.25) is 0 Å². The Morgan fingerprint density at radius 1 is 1.12 bits per heavy atom. The molecule has 1 aliphatic rings. The summed E-state index contributed by atoms with van der Waals surface area (Å²) in [5.74, 6) is 0. The number of hydrogen-bond acceptors (Lipinski definition) is 1. The highest BCUT2D eigenvalue weighted by Crippen LogP contribution is 1.93. The second-order valence-electron chi connectivity index (χ2n) is 2.30. The summed E-state index contributed by atoms with van der Waals surface area (Å²) in [5.41, 5.74) is 0. The van der Waals surface area contributed by atoms with E-state index in [1.54, 1.807) is 0 Å². The Balaban J connectivity index is 0.000000122. The fourth-order valence-corrected chi connectivity index (χ4v) is 0.1000. The quantitative estimate of drug-likeness (QED) is 0.470. The molecule has 0 aliphatic carbocycles. The highest BCUT2D eigenvalue weighted by Gasteiger charge is 2.07. The number of rotatable bonds is 1. The summed E-state index contributed by atoms with van der Waals surface area (Å²) in [6.07, 6.45) is 2.64. The Morgan fingerprint density at radius 2 is 1.38 bits per heavy atom. The maximum atomic E-state index is 2.25. The van der Waals surface area contributed by atoms with Crippen molar-refractivity contribution in [2.75, 3.05) is 20.1 Å². The zero-order chi connectivity index (χ0) is 6.41. The molecule has 0 unspecified atom stereocenters. The first kappa shape index (κ1) is 7.96. The minimum absolute atomic E-state index is 1.32. The molecule has 1 fully saturated rings. The molecule has 8 heavy (non-hydrogen) atoms. The second kappa shape index (κ2) is 5.10. The molecule has 0 radical (unpaired) electrons. The Labute approximate surface area is 52.7 Å². The van der Waals surface area contributed by atoms with Crippen LogP contribution in [-0.2, 0) is 0 Å². The smallest absolute Gasteiger partial charge is 0.0107 e. The van der Waals surface area contributed by atoms with Crippen LogP contribution in [-0.4, -0.2) is 25.0 Å². The summed E-state index contributed by atoms with van der Waals surface area (Å²) in [7, 11) is 2.11. The van der Waals surface area contributed by atoms with E-state index in [2.05, 4.69) is 25.8 Å². The van der Waals surface area contributed by atoms with Crippen LogP contribution in [0.25, 0.3) is 0 Å². The van der Waals surface area contributed by atoms with Crippen LogP contribution in [0.15, 0.2) is 0 Å². The molecule has 0 saturated carbocycles. The third kappa shape index (κ3) is 9.35. The van der Waals surface area contributed by atoms with E-state index in [1.807, 2.05) is 0 Å². The summed E-state index contributed by atoms with van der Waals surface area (Å²) < 4.78 is 0. The van der Waals surface area contributed by atoms with Gasteiger partial charge in [-0.25, -0.2) is 0 Å². The highest BCUT2D eigenvalue weighted by molar-refractivity contribution is 4.64. The van der Waals surface area contributed by atoms with Gasteiger partial charge in [0.15, 0.2) is 0 Å². The lowest BCUT2D eigenvalue weighted by atomic mass is 10.4. The van der Waals surface area contributed by atoms with Crippen LogP contribution in [0.4, 0.5) is 0 Å². The van der Waals surface area contributed by atoms with Gasteiger partial charge in [0.05, 0.1) is 0 Å². The fourth-order valence-electron chi connectivity index (χ4n) is 0.1000. The van der Waals surface area contributed by atoms with Crippen LogP contribution in [0.1, 0.15) is 26.7 Å². The van der Waals surface area contributed by atoms with E-state index in [0.29, 0.717) is 0 Å². The average molecular weight is 115 g/mol. The maximum Gasteiger partial charge on any atom is 0.0107 e. The number of hydrogen-bond donors (Lipinski definition) is 0. The molecule has 1 heterocycles. The molecule has 0 aromatic heterocycles. The molecule has 1 heteroatoms. The maximum absolute atomic E-state index is 2.25. The zero-order valence-electron chi connectivity index (χ0n) is 6.28. The standard InChI is InChI=1S/C4H10.C3H7N/c1-3-4-2;1-4-2-3-4/h3-4H2,1-2H3;2-3H2,1H3. The van der Waals surface area contributed by atoms with E-state index in [9.17, 15) is 0 Å².